The minimum atomic E-state index is -0.613. The standard InChI is InChI=1S/C20H23N3O3/c1-13-4-3-5-17-18(13)22(16-6-7-16)9-10-23(17)20(25)14(2)21-19(24)15-8-11-26-12-15/h3-5,8,11-12,14,16H,6-7,9-10H2,1-2H3,(H,21,24). The van der Waals surface area contributed by atoms with Crippen molar-refractivity contribution in [2.75, 3.05) is 22.9 Å². The second-order valence-electron chi connectivity index (χ2n) is 7.06. The maximum Gasteiger partial charge on any atom is 0.255 e. The van der Waals surface area contributed by atoms with Crippen LogP contribution in [0.25, 0.3) is 0 Å². The van der Waals surface area contributed by atoms with E-state index in [1.54, 1.807) is 13.0 Å². The van der Waals surface area contributed by atoms with Crippen LogP contribution in [0.3, 0.4) is 0 Å². The number of carbonyl (C=O) groups is 2. The van der Waals surface area contributed by atoms with Gasteiger partial charge in [0.05, 0.1) is 23.2 Å². The van der Waals surface area contributed by atoms with Crippen LogP contribution in [-0.2, 0) is 4.79 Å². The number of benzene rings is 1. The van der Waals surface area contributed by atoms with E-state index in [1.807, 2.05) is 17.0 Å². The second-order valence-corrected chi connectivity index (χ2v) is 7.06. The lowest BCUT2D eigenvalue weighted by Crippen LogP contribution is -2.52. The predicted octanol–water partition coefficient (Wildman–Crippen LogP) is 2.72. The van der Waals surface area contributed by atoms with E-state index in [0.717, 1.165) is 17.9 Å². The van der Waals surface area contributed by atoms with Gasteiger partial charge in [0.1, 0.15) is 12.3 Å². The zero-order chi connectivity index (χ0) is 18.3. The van der Waals surface area contributed by atoms with E-state index >= 15 is 0 Å². The number of furan rings is 1. The zero-order valence-corrected chi connectivity index (χ0v) is 15.1. The topological polar surface area (TPSA) is 65.8 Å². The van der Waals surface area contributed by atoms with Gasteiger partial charge < -0.3 is 19.5 Å². The van der Waals surface area contributed by atoms with Crippen molar-refractivity contribution in [2.45, 2.75) is 38.8 Å². The van der Waals surface area contributed by atoms with Gasteiger partial charge in [0.15, 0.2) is 0 Å². The third-order valence-corrected chi connectivity index (χ3v) is 5.11. The van der Waals surface area contributed by atoms with E-state index in [0.29, 0.717) is 18.2 Å². The normalized spacial score (nSPS) is 17.6. The molecular weight excluding hydrogens is 330 g/mol. The first-order valence-corrected chi connectivity index (χ1v) is 9.07. The number of amides is 2. The fourth-order valence-electron chi connectivity index (χ4n) is 3.62. The molecule has 2 aliphatic rings. The summed E-state index contributed by atoms with van der Waals surface area (Å²) >= 11 is 0. The molecule has 1 aliphatic carbocycles. The highest BCUT2D eigenvalue weighted by Gasteiger charge is 2.37. The molecule has 0 bridgehead atoms. The van der Waals surface area contributed by atoms with Gasteiger partial charge in [-0.3, -0.25) is 9.59 Å². The number of aryl methyl sites for hydroxylation is 1. The fraction of sp³-hybridized carbons (Fsp3) is 0.400. The highest BCUT2D eigenvalue weighted by Crippen LogP contribution is 2.42. The molecular formula is C20H23N3O3. The summed E-state index contributed by atoms with van der Waals surface area (Å²) in [5.41, 5.74) is 3.70. The van der Waals surface area contributed by atoms with Gasteiger partial charge in [-0.1, -0.05) is 12.1 Å². The van der Waals surface area contributed by atoms with Crippen molar-refractivity contribution in [2.24, 2.45) is 0 Å². The number of hydrogen-bond donors (Lipinski definition) is 1. The van der Waals surface area contributed by atoms with Crippen molar-refractivity contribution in [3.05, 3.63) is 47.9 Å². The van der Waals surface area contributed by atoms with Crippen molar-refractivity contribution in [3.63, 3.8) is 0 Å². The summed E-state index contributed by atoms with van der Waals surface area (Å²) in [6.07, 6.45) is 5.26. The number of nitrogens with one attached hydrogen (secondary N) is 1. The summed E-state index contributed by atoms with van der Waals surface area (Å²) in [5.74, 6) is -0.398. The first-order chi connectivity index (χ1) is 12.6. The molecule has 1 N–H and O–H groups in total. The molecule has 6 nitrogen and oxygen atoms in total. The molecule has 0 saturated heterocycles. The third kappa shape index (κ3) is 2.96. The Morgan fingerprint density at radius 3 is 2.73 bits per heavy atom. The number of carbonyl (C=O) groups excluding carboxylic acids is 2. The smallest absolute Gasteiger partial charge is 0.255 e. The lowest BCUT2D eigenvalue weighted by molar-refractivity contribution is -0.120. The molecule has 0 radical (unpaired) electrons. The van der Waals surface area contributed by atoms with Crippen molar-refractivity contribution in [1.29, 1.82) is 0 Å². The van der Waals surface area contributed by atoms with Crippen LogP contribution in [0.2, 0.25) is 0 Å². The van der Waals surface area contributed by atoms with E-state index in [4.69, 9.17) is 4.42 Å². The van der Waals surface area contributed by atoms with Crippen molar-refractivity contribution in [3.8, 4) is 0 Å². The Morgan fingerprint density at radius 1 is 1.23 bits per heavy atom. The van der Waals surface area contributed by atoms with Crippen molar-refractivity contribution in [1.82, 2.24) is 5.32 Å². The molecule has 1 unspecified atom stereocenters. The van der Waals surface area contributed by atoms with Gasteiger partial charge in [0.2, 0.25) is 5.91 Å². The fourth-order valence-corrected chi connectivity index (χ4v) is 3.62. The van der Waals surface area contributed by atoms with E-state index < -0.39 is 6.04 Å². The molecule has 1 fully saturated rings. The van der Waals surface area contributed by atoms with Crippen LogP contribution in [0.4, 0.5) is 11.4 Å². The Balaban J connectivity index is 1.55. The monoisotopic (exact) mass is 353 g/mol. The molecule has 1 atom stereocenters. The van der Waals surface area contributed by atoms with Crippen LogP contribution < -0.4 is 15.1 Å². The van der Waals surface area contributed by atoms with Crippen LogP contribution >= 0.6 is 0 Å². The lowest BCUT2D eigenvalue weighted by Gasteiger charge is -2.40. The lowest BCUT2D eigenvalue weighted by atomic mass is 10.1. The Bertz CT molecular complexity index is 827. The highest BCUT2D eigenvalue weighted by molar-refractivity contribution is 6.04. The average molecular weight is 353 g/mol. The van der Waals surface area contributed by atoms with Crippen molar-refractivity contribution < 1.29 is 14.0 Å². The Kier molecular flexibility index (Phi) is 4.18. The minimum absolute atomic E-state index is 0.0934. The van der Waals surface area contributed by atoms with Gasteiger partial charge in [0, 0.05) is 19.1 Å². The van der Waals surface area contributed by atoms with E-state index in [1.165, 1.54) is 30.9 Å². The quantitative estimate of drug-likeness (QED) is 0.918. The number of rotatable bonds is 4. The predicted molar refractivity (Wildman–Crippen MR) is 99.5 cm³/mol. The molecule has 26 heavy (non-hydrogen) atoms. The summed E-state index contributed by atoms with van der Waals surface area (Å²) < 4.78 is 4.93. The average Bonchev–Trinajstić information content (AvgIpc) is 3.33. The molecule has 2 amide bonds. The van der Waals surface area contributed by atoms with Gasteiger partial charge in [-0.15, -0.1) is 0 Å². The summed E-state index contributed by atoms with van der Waals surface area (Å²) in [5, 5.41) is 2.77. The van der Waals surface area contributed by atoms with Crippen LogP contribution in [0.15, 0.2) is 41.2 Å². The summed E-state index contributed by atoms with van der Waals surface area (Å²) in [7, 11) is 0. The first kappa shape index (κ1) is 16.7. The van der Waals surface area contributed by atoms with Gasteiger partial charge >= 0.3 is 0 Å². The van der Waals surface area contributed by atoms with Gasteiger partial charge in [-0.2, -0.15) is 0 Å². The number of anilines is 2. The van der Waals surface area contributed by atoms with Gasteiger partial charge in [-0.05, 0) is 44.4 Å². The number of nitrogens with zero attached hydrogens (tertiary/aromatic N) is 2. The summed E-state index contributed by atoms with van der Waals surface area (Å²) in [6.45, 7) is 5.28. The van der Waals surface area contributed by atoms with Crippen LogP contribution in [0, 0.1) is 6.92 Å². The molecule has 0 spiro atoms. The number of hydrogen-bond acceptors (Lipinski definition) is 4. The second kappa shape index (κ2) is 6.52. The largest absolute Gasteiger partial charge is 0.472 e. The van der Waals surface area contributed by atoms with Crippen molar-refractivity contribution >= 4 is 23.2 Å². The number of para-hydroxylation sites is 1. The molecule has 4 rings (SSSR count). The number of fused-ring (bicyclic) bond motifs is 1. The maximum absolute atomic E-state index is 13.0. The zero-order valence-electron chi connectivity index (χ0n) is 15.1. The molecule has 136 valence electrons. The molecule has 1 aromatic carbocycles. The first-order valence-electron chi connectivity index (χ1n) is 9.07. The van der Waals surface area contributed by atoms with E-state index in [9.17, 15) is 9.59 Å². The molecule has 6 heteroatoms. The molecule has 1 saturated carbocycles. The third-order valence-electron chi connectivity index (χ3n) is 5.11. The Hall–Kier alpha value is -2.76. The highest BCUT2D eigenvalue weighted by atomic mass is 16.3. The SMILES string of the molecule is Cc1cccc2c1N(C1CC1)CCN2C(=O)C(C)NC(=O)c1ccoc1. The van der Waals surface area contributed by atoms with Crippen LogP contribution in [0.1, 0.15) is 35.7 Å². The van der Waals surface area contributed by atoms with Crippen LogP contribution in [0.5, 0.6) is 0 Å². The minimum Gasteiger partial charge on any atom is -0.472 e. The van der Waals surface area contributed by atoms with Gasteiger partial charge in [-0.25, -0.2) is 0 Å². The Morgan fingerprint density at radius 2 is 2.04 bits per heavy atom. The molecule has 2 heterocycles. The summed E-state index contributed by atoms with van der Waals surface area (Å²) in [4.78, 5) is 29.5. The maximum atomic E-state index is 13.0. The Labute approximate surface area is 152 Å². The molecule has 1 aliphatic heterocycles. The van der Waals surface area contributed by atoms with E-state index in [-0.39, 0.29) is 11.8 Å². The molecule has 2 aromatic rings. The van der Waals surface area contributed by atoms with E-state index in [2.05, 4.69) is 23.2 Å². The summed E-state index contributed by atoms with van der Waals surface area (Å²) in [6, 6.07) is 7.65. The van der Waals surface area contributed by atoms with Gasteiger partial charge in [0.25, 0.3) is 5.91 Å². The van der Waals surface area contributed by atoms with Crippen LogP contribution in [-0.4, -0.2) is 37.0 Å². The molecule has 1 aromatic heterocycles.